The van der Waals surface area contributed by atoms with Crippen molar-refractivity contribution in [3.05, 3.63) is 47.3 Å². The molecule has 140 valence electrons. The van der Waals surface area contributed by atoms with Crippen molar-refractivity contribution in [1.29, 1.82) is 0 Å². The molecular weight excluding hydrogens is 372 g/mol. The number of thiophene rings is 1. The van der Waals surface area contributed by atoms with E-state index in [0.717, 1.165) is 12.2 Å². The molecule has 2 aromatic rings. The van der Waals surface area contributed by atoms with Crippen LogP contribution in [0.2, 0.25) is 0 Å². The van der Waals surface area contributed by atoms with E-state index in [-0.39, 0.29) is 5.91 Å². The Morgan fingerprint density at radius 2 is 1.81 bits per heavy atom. The molecule has 3 rings (SSSR count). The van der Waals surface area contributed by atoms with Crippen LogP contribution in [0, 0.1) is 0 Å². The third kappa shape index (κ3) is 4.08. The quantitative estimate of drug-likeness (QED) is 0.756. The lowest BCUT2D eigenvalue weighted by atomic mass is 10.2. The number of nitrogens with zero attached hydrogens (tertiary/aromatic N) is 2. The van der Waals surface area contributed by atoms with Crippen LogP contribution < -0.4 is 4.74 Å². The van der Waals surface area contributed by atoms with E-state index in [1.54, 1.807) is 46.7 Å². The molecule has 1 aromatic carbocycles. The lowest BCUT2D eigenvalue weighted by Crippen LogP contribution is -2.50. The Labute approximate surface area is 158 Å². The number of piperazine rings is 1. The summed E-state index contributed by atoms with van der Waals surface area (Å²) in [6, 6.07) is 10.4. The minimum Gasteiger partial charge on any atom is -0.494 e. The van der Waals surface area contributed by atoms with Gasteiger partial charge in [-0.1, -0.05) is 13.0 Å². The standard InChI is InChI=1S/C18H22N2O4S2/c1-2-13-24-16-7-5-15(6-8-16)18(21)19-9-11-20(12-10-19)26(22,23)17-4-3-14-25-17/h3-8,14H,2,9-13H2,1H3. The zero-order valence-corrected chi connectivity index (χ0v) is 16.3. The zero-order valence-electron chi connectivity index (χ0n) is 14.6. The minimum atomic E-state index is -3.45. The maximum atomic E-state index is 12.6. The molecule has 0 aliphatic carbocycles. The van der Waals surface area contributed by atoms with Crippen molar-refractivity contribution < 1.29 is 17.9 Å². The number of amides is 1. The molecule has 1 aliphatic heterocycles. The van der Waals surface area contributed by atoms with E-state index in [2.05, 4.69) is 0 Å². The molecule has 8 heteroatoms. The average Bonchev–Trinajstić information content (AvgIpc) is 3.22. The molecular formula is C18H22N2O4S2. The first kappa shape index (κ1) is 18.9. The summed E-state index contributed by atoms with van der Waals surface area (Å²) in [5.74, 6) is 0.662. The van der Waals surface area contributed by atoms with Gasteiger partial charge in [0.05, 0.1) is 6.61 Å². The molecule has 0 bridgehead atoms. The number of carbonyl (C=O) groups excluding carboxylic acids is 1. The van der Waals surface area contributed by atoms with E-state index in [1.807, 2.05) is 6.92 Å². The maximum Gasteiger partial charge on any atom is 0.253 e. The van der Waals surface area contributed by atoms with Crippen LogP contribution in [0.15, 0.2) is 46.0 Å². The first-order valence-electron chi connectivity index (χ1n) is 8.58. The Morgan fingerprint density at radius 1 is 1.12 bits per heavy atom. The van der Waals surface area contributed by atoms with Gasteiger partial charge in [0.2, 0.25) is 0 Å². The van der Waals surface area contributed by atoms with Gasteiger partial charge >= 0.3 is 0 Å². The Hall–Kier alpha value is -1.90. The average molecular weight is 395 g/mol. The molecule has 1 amide bonds. The number of ether oxygens (including phenoxy) is 1. The Bertz CT molecular complexity index is 825. The van der Waals surface area contributed by atoms with Gasteiger partial charge in [0, 0.05) is 31.7 Å². The summed E-state index contributed by atoms with van der Waals surface area (Å²) < 4.78 is 32.4. The van der Waals surface area contributed by atoms with Crippen LogP contribution >= 0.6 is 11.3 Å². The predicted molar refractivity (Wildman–Crippen MR) is 101 cm³/mol. The number of hydrogen-bond donors (Lipinski definition) is 0. The first-order chi connectivity index (χ1) is 12.5. The Kier molecular flexibility index (Phi) is 5.95. The van der Waals surface area contributed by atoms with Crippen LogP contribution in [0.1, 0.15) is 23.7 Å². The number of benzene rings is 1. The van der Waals surface area contributed by atoms with Crippen LogP contribution in [-0.2, 0) is 10.0 Å². The molecule has 0 spiro atoms. The van der Waals surface area contributed by atoms with E-state index in [4.69, 9.17) is 4.74 Å². The van der Waals surface area contributed by atoms with E-state index in [1.165, 1.54) is 15.6 Å². The summed E-state index contributed by atoms with van der Waals surface area (Å²) in [6.07, 6.45) is 0.930. The molecule has 1 saturated heterocycles. The summed E-state index contributed by atoms with van der Waals surface area (Å²) in [6.45, 7) is 4.08. The zero-order chi connectivity index (χ0) is 18.6. The number of hydrogen-bond acceptors (Lipinski definition) is 5. The van der Waals surface area contributed by atoms with Crippen LogP contribution in [-0.4, -0.2) is 56.3 Å². The fourth-order valence-corrected chi connectivity index (χ4v) is 5.33. The van der Waals surface area contributed by atoms with Gasteiger partial charge in [0.15, 0.2) is 0 Å². The first-order valence-corrected chi connectivity index (χ1v) is 10.9. The highest BCUT2D eigenvalue weighted by molar-refractivity contribution is 7.91. The topological polar surface area (TPSA) is 66.9 Å². The summed E-state index contributed by atoms with van der Waals surface area (Å²) in [4.78, 5) is 14.3. The molecule has 1 aromatic heterocycles. The molecule has 0 N–H and O–H groups in total. The van der Waals surface area contributed by atoms with Gasteiger partial charge in [0.1, 0.15) is 9.96 Å². The predicted octanol–water partition coefficient (Wildman–Crippen LogP) is 2.68. The fraction of sp³-hybridized carbons (Fsp3) is 0.389. The normalized spacial score (nSPS) is 15.8. The number of carbonyl (C=O) groups is 1. The summed E-state index contributed by atoms with van der Waals surface area (Å²) in [7, 11) is -3.45. The van der Waals surface area contributed by atoms with Crippen molar-refractivity contribution in [2.75, 3.05) is 32.8 Å². The van der Waals surface area contributed by atoms with Gasteiger partial charge < -0.3 is 9.64 Å². The second-order valence-corrected chi connectivity index (χ2v) is 9.11. The van der Waals surface area contributed by atoms with Crippen LogP contribution in [0.25, 0.3) is 0 Å². The molecule has 0 atom stereocenters. The van der Waals surface area contributed by atoms with Crippen molar-refractivity contribution in [3.63, 3.8) is 0 Å². The highest BCUT2D eigenvalue weighted by Gasteiger charge is 2.30. The number of sulfonamides is 1. The number of rotatable bonds is 6. The highest BCUT2D eigenvalue weighted by atomic mass is 32.2. The summed E-state index contributed by atoms with van der Waals surface area (Å²) in [5, 5.41) is 1.75. The van der Waals surface area contributed by atoms with Crippen molar-refractivity contribution in [2.45, 2.75) is 17.6 Å². The molecule has 6 nitrogen and oxygen atoms in total. The van der Waals surface area contributed by atoms with Crippen LogP contribution in [0.5, 0.6) is 5.75 Å². The third-order valence-corrected chi connectivity index (χ3v) is 7.46. The van der Waals surface area contributed by atoms with E-state index < -0.39 is 10.0 Å². The highest BCUT2D eigenvalue weighted by Crippen LogP contribution is 2.22. The monoisotopic (exact) mass is 394 g/mol. The van der Waals surface area contributed by atoms with Gasteiger partial charge in [-0.25, -0.2) is 8.42 Å². The Balaban J connectivity index is 1.60. The van der Waals surface area contributed by atoms with Crippen molar-refractivity contribution in [1.82, 2.24) is 9.21 Å². The van der Waals surface area contributed by atoms with E-state index in [0.29, 0.717) is 42.6 Å². The SMILES string of the molecule is CCCOc1ccc(C(=O)N2CCN(S(=O)(=O)c3cccs3)CC2)cc1. The van der Waals surface area contributed by atoms with Gasteiger partial charge in [-0.15, -0.1) is 11.3 Å². The van der Waals surface area contributed by atoms with Crippen molar-refractivity contribution in [3.8, 4) is 5.75 Å². The summed E-state index contributed by atoms with van der Waals surface area (Å²) in [5.41, 5.74) is 0.586. The largest absolute Gasteiger partial charge is 0.494 e. The molecule has 0 saturated carbocycles. The molecule has 0 unspecified atom stereocenters. The maximum absolute atomic E-state index is 12.6. The molecule has 2 heterocycles. The van der Waals surface area contributed by atoms with E-state index in [9.17, 15) is 13.2 Å². The molecule has 1 aliphatic rings. The minimum absolute atomic E-state index is 0.0831. The molecule has 1 fully saturated rings. The molecule has 26 heavy (non-hydrogen) atoms. The van der Waals surface area contributed by atoms with Gasteiger partial charge in [0.25, 0.3) is 15.9 Å². The van der Waals surface area contributed by atoms with E-state index >= 15 is 0 Å². The van der Waals surface area contributed by atoms with Crippen LogP contribution in [0.4, 0.5) is 0 Å². The molecule has 0 radical (unpaired) electrons. The van der Waals surface area contributed by atoms with Gasteiger partial charge in [-0.3, -0.25) is 4.79 Å². The second kappa shape index (κ2) is 8.20. The van der Waals surface area contributed by atoms with Gasteiger partial charge in [-0.05, 0) is 42.1 Å². The smallest absolute Gasteiger partial charge is 0.253 e. The summed E-state index contributed by atoms with van der Waals surface area (Å²) >= 11 is 1.21. The second-order valence-electron chi connectivity index (χ2n) is 6.00. The third-order valence-electron chi connectivity index (χ3n) is 4.19. The lowest BCUT2D eigenvalue weighted by molar-refractivity contribution is 0.0698. The lowest BCUT2D eigenvalue weighted by Gasteiger charge is -2.33. The van der Waals surface area contributed by atoms with Crippen LogP contribution in [0.3, 0.4) is 0 Å². The van der Waals surface area contributed by atoms with Crippen molar-refractivity contribution >= 4 is 27.3 Å². The Morgan fingerprint density at radius 3 is 2.38 bits per heavy atom. The van der Waals surface area contributed by atoms with Gasteiger partial charge in [-0.2, -0.15) is 4.31 Å². The fourth-order valence-electron chi connectivity index (χ4n) is 2.77. The van der Waals surface area contributed by atoms with Crippen molar-refractivity contribution in [2.24, 2.45) is 0 Å².